The van der Waals surface area contributed by atoms with Crippen LogP contribution in [0.4, 0.5) is 4.39 Å². The number of hydrogen-bond donors (Lipinski definition) is 0. The van der Waals surface area contributed by atoms with Crippen molar-refractivity contribution in [1.29, 1.82) is 0 Å². The van der Waals surface area contributed by atoms with Gasteiger partial charge in [0.15, 0.2) is 5.82 Å². The Morgan fingerprint density at radius 3 is 2.65 bits per heavy atom. The Balaban J connectivity index is 1.52. The van der Waals surface area contributed by atoms with Crippen LogP contribution in [0.1, 0.15) is 35.4 Å². The third-order valence-electron chi connectivity index (χ3n) is 4.67. The molecule has 0 saturated heterocycles. The molecule has 2 aromatic heterocycles. The molecule has 2 aromatic rings. The van der Waals surface area contributed by atoms with E-state index >= 15 is 0 Å². The lowest BCUT2D eigenvalue weighted by molar-refractivity contribution is -0.138. The number of thiophene rings is 2. The van der Waals surface area contributed by atoms with Crippen LogP contribution in [0.2, 0.25) is 0 Å². The highest BCUT2D eigenvalue weighted by Gasteiger charge is 2.44. The third-order valence-corrected chi connectivity index (χ3v) is 8.76. The van der Waals surface area contributed by atoms with Crippen LogP contribution in [0, 0.1) is 17.7 Å². The van der Waals surface area contributed by atoms with Gasteiger partial charge in [0.2, 0.25) is 0 Å². The van der Waals surface area contributed by atoms with Crippen LogP contribution in [0.25, 0.3) is 10.1 Å². The zero-order valence-electron chi connectivity index (χ0n) is 11.7. The highest BCUT2D eigenvalue weighted by Crippen LogP contribution is 2.46. The summed E-state index contributed by atoms with van der Waals surface area (Å²) in [6, 6.07) is 0. The van der Waals surface area contributed by atoms with Crippen molar-refractivity contribution in [3.8, 4) is 0 Å². The first kappa shape index (κ1) is 16.2. The minimum absolute atomic E-state index is 0.0241. The van der Waals surface area contributed by atoms with E-state index in [1.54, 1.807) is 0 Å². The Labute approximate surface area is 156 Å². The third kappa shape index (κ3) is 2.62. The molecule has 0 N–H and O–H groups in total. The van der Waals surface area contributed by atoms with Gasteiger partial charge < -0.3 is 4.74 Å². The van der Waals surface area contributed by atoms with Crippen molar-refractivity contribution in [1.82, 2.24) is 0 Å². The summed E-state index contributed by atoms with van der Waals surface area (Å²) in [6.45, 7) is 0. The number of ketones is 1. The van der Waals surface area contributed by atoms with Crippen molar-refractivity contribution in [3.05, 3.63) is 18.3 Å². The van der Waals surface area contributed by atoms with Crippen LogP contribution in [0.3, 0.4) is 0 Å². The maximum absolute atomic E-state index is 14.5. The lowest BCUT2D eigenvalue weighted by Crippen LogP contribution is -2.44. The molecule has 23 heavy (non-hydrogen) atoms. The van der Waals surface area contributed by atoms with Crippen molar-refractivity contribution in [3.63, 3.8) is 0 Å². The van der Waals surface area contributed by atoms with Gasteiger partial charge in [-0.25, -0.2) is 9.18 Å². The number of esters is 1. The number of rotatable bonds is 2. The van der Waals surface area contributed by atoms with Gasteiger partial charge >= 0.3 is 5.97 Å². The van der Waals surface area contributed by atoms with Gasteiger partial charge in [-0.1, -0.05) is 0 Å². The fourth-order valence-electron chi connectivity index (χ4n) is 3.46. The number of carbonyl (C=O) groups is 2. The number of halogens is 3. The predicted octanol–water partition coefficient (Wildman–Crippen LogP) is 5.54. The molecular weight excluding hydrogens is 471 g/mol. The number of Topliss-reactive ketones (excluding diaryl/α,β-unsaturated/α-hetero) is 1. The van der Waals surface area contributed by atoms with Crippen LogP contribution in [0.15, 0.2) is 7.57 Å². The lowest BCUT2D eigenvalue weighted by Gasteiger charge is -2.41. The Hall–Kier alpha value is -0.310. The van der Waals surface area contributed by atoms with Gasteiger partial charge in [-0.3, -0.25) is 4.79 Å². The summed E-state index contributed by atoms with van der Waals surface area (Å²) in [4.78, 5) is 23.8. The summed E-state index contributed by atoms with van der Waals surface area (Å²) in [5.74, 6) is -0.273. The maximum atomic E-state index is 14.5. The molecule has 122 valence electrons. The lowest BCUT2D eigenvalue weighted by atomic mass is 9.64. The Morgan fingerprint density at radius 1 is 1.22 bits per heavy atom. The number of fused-ring (bicyclic) bond motifs is 2. The molecule has 0 aliphatic heterocycles. The van der Waals surface area contributed by atoms with Gasteiger partial charge in [-0.15, -0.1) is 22.7 Å². The van der Waals surface area contributed by atoms with E-state index in [-0.39, 0.29) is 16.9 Å². The minimum atomic E-state index is -0.596. The number of ether oxygens (including phenoxy) is 1. The van der Waals surface area contributed by atoms with Gasteiger partial charge in [0.05, 0.1) is 17.7 Å². The molecule has 0 aromatic carbocycles. The van der Waals surface area contributed by atoms with Crippen LogP contribution in [-0.4, -0.2) is 17.9 Å². The molecule has 8 heteroatoms. The summed E-state index contributed by atoms with van der Waals surface area (Å²) >= 11 is 9.22. The smallest absolute Gasteiger partial charge is 0.351 e. The molecule has 3 atom stereocenters. The van der Waals surface area contributed by atoms with Crippen molar-refractivity contribution in [2.45, 2.75) is 31.8 Å². The van der Waals surface area contributed by atoms with Gasteiger partial charge in [0, 0.05) is 12.3 Å². The van der Waals surface area contributed by atoms with E-state index in [1.807, 2.05) is 0 Å². The topological polar surface area (TPSA) is 43.4 Å². The molecule has 2 aliphatic carbocycles. The zero-order valence-corrected chi connectivity index (χ0v) is 16.5. The SMILES string of the molecule is O=C(OC1CCC2C(=O)CC2C1)c1sc2c(Br)sc(Br)c2c1F. The van der Waals surface area contributed by atoms with Crippen molar-refractivity contribution in [2.75, 3.05) is 0 Å². The first-order valence-electron chi connectivity index (χ1n) is 7.25. The molecule has 2 heterocycles. The van der Waals surface area contributed by atoms with E-state index in [1.165, 1.54) is 11.3 Å². The molecular formula is C15H11Br2FO3S2. The summed E-state index contributed by atoms with van der Waals surface area (Å²) in [6.07, 6.45) is 2.58. The number of hydrogen-bond acceptors (Lipinski definition) is 5. The second-order valence-corrected chi connectivity index (χ2v) is 10.7. The van der Waals surface area contributed by atoms with E-state index in [0.29, 0.717) is 33.7 Å². The van der Waals surface area contributed by atoms with Crippen molar-refractivity contribution >= 4 is 76.4 Å². The molecule has 2 fully saturated rings. The van der Waals surface area contributed by atoms with Crippen LogP contribution in [0.5, 0.6) is 0 Å². The Kier molecular flexibility index (Phi) is 4.14. The average Bonchev–Trinajstić information content (AvgIpc) is 2.97. The average molecular weight is 482 g/mol. The molecule has 3 nitrogen and oxygen atoms in total. The van der Waals surface area contributed by atoms with Crippen molar-refractivity contribution in [2.24, 2.45) is 11.8 Å². The Bertz CT molecular complexity index is 828. The van der Waals surface area contributed by atoms with Crippen LogP contribution < -0.4 is 0 Å². The zero-order chi connectivity index (χ0) is 16.3. The standard InChI is InChI=1S/C15H11Br2FO3S2/c16-13-9-10(18)12(22-11(9)14(17)23-13)15(20)21-6-1-2-7-5(3-6)4-8(7)19/h5-7H,1-4H2. The van der Waals surface area contributed by atoms with Crippen LogP contribution in [-0.2, 0) is 9.53 Å². The van der Waals surface area contributed by atoms with E-state index in [4.69, 9.17) is 4.74 Å². The molecule has 2 saturated carbocycles. The Morgan fingerprint density at radius 2 is 2.00 bits per heavy atom. The fraction of sp³-hybridized carbons (Fsp3) is 0.467. The first-order chi connectivity index (χ1) is 11.0. The second-order valence-electron chi connectivity index (χ2n) is 5.98. The first-order valence-corrected chi connectivity index (χ1v) is 10.5. The predicted molar refractivity (Wildman–Crippen MR) is 94.7 cm³/mol. The highest BCUT2D eigenvalue weighted by molar-refractivity contribution is 9.12. The quantitative estimate of drug-likeness (QED) is 0.528. The van der Waals surface area contributed by atoms with Crippen LogP contribution >= 0.6 is 54.5 Å². The van der Waals surface area contributed by atoms with Gasteiger partial charge in [-0.2, -0.15) is 0 Å². The van der Waals surface area contributed by atoms with Gasteiger partial charge in [-0.05, 0) is 57.0 Å². The molecule has 0 amide bonds. The van der Waals surface area contributed by atoms with E-state index < -0.39 is 11.8 Å². The van der Waals surface area contributed by atoms with E-state index in [2.05, 4.69) is 31.9 Å². The molecule has 0 spiro atoms. The van der Waals surface area contributed by atoms with Gasteiger partial charge in [0.1, 0.15) is 16.8 Å². The van der Waals surface area contributed by atoms with E-state index in [9.17, 15) is 14.0 Å². The largest absolute Gasteiger partial charge is 0.458 e. The summed E-state index contributed by atoms with van der Waals surface area (Å²) in [7, 11) is 0. The van der Waals surface area contributed by atoms with E-state index in [0.717, 1.165) is 32.7 Å². The highest BCUT2D eigenvalue weighted by atomic mass is 79.9. The summed E-state index contributed by atoms with van der Waals surface area (Å²) in [5.41, 5.74) is 0. The number of carbonyl (C=O) groups excluding carboxylic acids is 2. The van der Waals surface area contributed by atoms with Gasteiger partial charge in [0.25, 0.3) is 0 Å². The summed E-state index contributed by atoms with van der Waals surface area (Å²) in [5, 5.41) is 0.437. The maximum Gasteiger partial charge on any atom is 0.351 e. The molecule has 0 bridgehead atoms. The molecule has 0 radical (unpaired) electrons. The fourth-order valence-corrected chi connectivity index (χ4v) is 7.89. The monoisotopic (exact) mass is 480 g/mol. The van der Waals surface area contributed by atoms with Crippen molar-refractivity contribution < 1.29 is 18.7 Å². The second kappa shape index (κ2) is 5.89. The molecule has 3 unspecified atom stereocenters. The summed E-state index contributed by atoms with van der Waals surface area (Å²) < 4.78 is 22.2. The minimum Gasteiger partial charge on any atom is -0.458 e. The molecule has 2 aliphatic rings. The molecule has 4 rings (SSSR count). The normalized spacial score (nSPS) is 26.9.